The standard InChI is InChI=1S/C14H20N2O2S/c15-8-10-5-6-11(18-10)14(17)16-13(9-3-4-9)12-2-1-7-19-12/h1-2,7,9-11,13H,3-6,8,15H2,(H,16,17)/t10-,11+,13?/m1/s1. The summed E-state index contributed by atoms with van der Waals surface area (Å²) in [6, 6.07) is 4.32. The Labute approximate surface area is 117 Å². The van der Waals surface area contributed by atoms with Crippen molar-refractivity contribution in [2.75, 3.05) is 6.54 Å². The van der Waals surface area contributed by atoms with E-state index >= 15 is 0 Å². The molecule has 2 fully saturated rings. The van der Waals surface area contributed by atoms with Gasteiger partial charge in [-0.1, -0.05) is 6.07 Å². The van der Waals surface area contributed by atoms with Crippen molar-refractivity contribution in [3.63, 3.8) is 0 Å². The highest BCUT2D eigenvalue weighted by molar-refractivity contribution is 7.10. The Bertz CT molecular complexity index is 431. The fraction of sp³-hybridized carbons (Fsp3) is 0.643. The van der Waals surface area contributed by atoms with Crippen molar-refractivity contribution in [3.8, 4) is 0 Å². The zero-order valence-electron chi connectivity index (χ0n) is 10.9. The van der Waals surface area contributed by atoms with Gasteiger partial charge < -0.3 is 15.8 Å². The zero-order chi connectivity index (χ0) is 13.2. The highest BCUT2D eigenvalue weighted by Crippen LogP contribution is 2.42. The van der Waals surface area contributed by atoms with Crippen molar-refractivity contribution in [1.82, 2.24) is 5.32 Å². The van der Waals surface area contributed by atoms with E-state index in [1.54, 1.807) is 11.3 Å². The first-order valence-electron chi connectivity index (χ1n) is 6.97. The van der Waals surface area contributed by atoms with Gasteiger partial charge in [-0.3, -0.25) is 4.79 Å². The highest BCUT2D eigenvalue weighted by Gasteiger charge is 2.37. The van der Waals surface area contributed by atoms with Gasteiger partial charge in [-0.05, 0) is 43.0 Å². The van der Waals surface area contributed by atoms with Crippen LogP contribution in [0.3, 0.4) is 0 Å². The molecule has 19 heavy (non-hydrogen) atoms. The van der Waals surface area contributed by atoms with Gasteiger partial charge in [0, 0.05) is 11.4 Å². The van der Waals surface area contributed by atoms with E-state index in [2.05, 4.69) is 16.8 Å². The molecule has 3 rings (SSSR count). The molecule has 5 heteroatoms. The Hall–Kier alpha value is -0.910. The molecule has 4 nitrogen and oxygen atoms in total. The molecular formula is C14H20N2O2S. The Morgan fingerprint density at radius 3 is 2.89 bits per heavy atom. The summed E-state index contributed by atoms with van der Waals surface area (Å²) in [7, 11) is 0. The largest absolute Gasteiger partial charge is 0.364 e. The minimum atomic E-state index is -0.310. The van der Waals surface area contributed by atoms with E-state index in [0.717, 1.165) is 12.8 Å². The quantitative estimate of drug-likeness (QED) is 0.864. The summed E-state index contributed by atoms with van der Waals surface area (Å²) in [5.74, 6) is 0.635. The second-order valence-electron chi connectivity index (χ2n) is 5.40. The molecule has 1 saturated heterocycles. The van der Waals surface area contributed by atoms with E-state index in [9.17, 15) is 4.79 Å². The molecule has 1 amide bonds. The lowest BCUT2D eigenvalue weighted by Crippen LogP contribution is -2.38. The minimum absolute atomic E-state index is 0.0289. The topological polar surface area (TPSA) is 64.4 Å². The SMILES string of the molecule is NC[C@H]1CC[C@@H](C(=O)NC(c2cccs2)C2CC2)O1. The van der Waals surface area contributed by atoms with Crippen LogP contribution in [0.15, 0.2) is 17.5 Å². The van der Waals surface area contributed by atoms with E-state index in [0.29, 0.717) is 12.5 Å². The number of nitrogens with two attached hydrogens (primary N) is 1. The van der Waals surface area contributed by atoms with Crippen molar-refractivity contribution in [2.24, 2.45) is 11.7 Å². The number of rotatable bonds is 5. The number of hydrogen-bond acceptors (Lipinski definition) is 4. The van der Waals surface area contributed by atoms with Gasteiger partial charge in [-0.25, -0.2) is 0 Å². The van der Waals surface area contributed by atoms with Crippen LogP contribution in [0, 0.1) is 5.92 Å². The Morgan fingerprint density at radius 2 is 2.32 bits per heavy atom. The van der Waals surface area contributed by atoms with Crippen LogP contribution >= 0.6 is 11.3 Å². The van der Waals surface area contributed by atoms with Crippen molar-refractivity contribution in [3.05, 3.63) is 22.4 Å². The molecule has 104 valence electrons. The van der Waals surface area contributed by atoms with Gasteiger partial charge >= 0.3 is 0 Å². The van der Waals surface area contributed by atoms with Crippen LogP contribution in [0.1, 0.15) is 36.6 Å². The molecule has 2 aliphatic rings. The van der Waals surface area contributed by atoms with Crippen molar-refractivity contribution < 1.29 is 9.53 Å². The fourth-order valence-electron chi connectivity index (χ4n) is 2.64. The number of nitrogens with one attached hydrogen (secondary N) is 1. The number of ether oxygens (including phenoxy) is 1. The van der Waals surface area contributed by atoms with Crippen LogP contribution in [0.5, 0.6) is 0 Å². The Kier molecular flexibility index (Phi) is 3.86. The summed E-state index contributed by atoms with van der Waals surface area (Å²) in [6.45, 7) is 0.501. The van der Waals surface area contributed by atoms with Gasteiger partial charge in [-0.15, -0.1) is 11.3 Å². The molecule has 1 aliphatic carbocycles. The van der Waals surface area contributed by atoms with E-state index in [-0.39, 0.29) is 24.2 Å². The predicted octanol–water partition coefficient (Wildman–Crippen LogP) is 1.82. The van der Waals surface area contributed by atoms with Gasteiger partial charge in [0.25, 0.3) is 0 Å². The molecule has 0 aromatic carbocycles. The average Bonchev–Trinajstić information content (AvgIpc) is 2.95. The van der Waals surface area contributed by atoms with E-state index in [1.807, 2.05) is 6.07 Å². The first kappa shape index (κ1) is 13.1. The zero-order valence-corrected chi connectivity index (χ0v) is 11.7. The number of amides is 1. The maximum atomic E-state index is 12.3. The first-order chi connectivity index (χ1) is 9.28. The molecule has 1 unspecified atom stereocenters. The van der Waals surface area contributed by atoms with E-state index in [1.165, 1.54) is 17.7 Å². The summed E-state index contributed by atoms with van der Waals surface area (Å²) in [5.41, 5.74) is 5.58. The van der Waals surface area contributed by atoms with E-state index < -0.39 is 0 Å². The second kappa shape index (κ2) is 5.61. The summed E-state index contributed by atoms with van der Waals surface area (Å²) in [4.78, 5) is 13.5. The summed E-state index contributed by atoms with van der Waals surface area (Å²) in [6.07, 6.45) is 3.84. The van der Waals surface area contributed by atoms with Gasteiger partial charge in [0.05, 0.1) is 12.1 Å². The summed E-state index contributed by atoms with van der Waals surface area (Å²) in [5, 5.41) is 5.24. The van der Waals surface area contributed by atoms with Gasteiger partial charge in [-0.2, -0.15) is 0 Å². The van der Waals surface area contributed by atoms with Crippen LogP contribution in [-0.2, 0) is 9.53 Å². The Morgan fingerprint density at radius 1 is 1.47 bits per heavy atom. The third-order valence-corrected chi connectivity index (χ3v) is 4.86. The van der Waals surface area contributed by atoms with Crippen molar-refractivity contribution >= 4 is 17.2 Å². The second-order valence-corrected chi connectivity index (χ2v) is 6.38. The molecule has 1 aromatic heterocycles. The number of carbonyl (C=O) groups is 1. The van der Waals surface area contributed by atoms with Gasteiger partial charge in [0.15, 0.2) is 0 Å². The van der Waals surface area contributed by atoms with Crippen molar-refractivity contribution in [2.45, 2.75) is 43.9 Å². The molecule has 3 N–H and O–H groups in total. The van der Waals surface area contributed by atoms with Gasteiger partial charge in [0.1, 0.15) is 6.10 Å². The number of carbonyl (C=O) groups excluding carboxylic acids is 1. The molecule has 0 bridgehead atoms. The molecule has 1 aliphatic heterocycles. The highest BCUT2D eigenvalue weighted by atomic mass is 32.1. The summed E-state index contributed by atoms with van der Waals surface area (Å²) < 4.78 is 5.66. The third kappa shape index (κ3) is 2.99. The molecule has 3 atom stereocenters. The van der Waals surface area contributed by atoms with Crippen LogP contribution in [0.4, 0.5) is 0 Å². The summed E-state index contributed by atoms with van der Waals surface area (Å²) >= 11 is 1.71. The lowest BCUT2D eigenvalue weighted by molar-refractivity contribution is -0.132. The molecule has 1 aromatic rings. The normalized spacial score (nSPS) is 28.3. The average molecular weight is 280 g/mol. The maximum absolute atomic E-state index is 12.3. The monoisotopic (exact) mass is 280 g/mol. The minimum Gasteiger partial charge on any atom is -0.364 e. The van der Waals surface area contributed by atoms with Crippen LogP contribution in [0.2, 0.25) is 0 Å². The van der Waals surface area contributed by atoms with Crippen LogP contribution in [0.25, 0.3) is 0 Å². The van der Waals surface area contributed by atoms with E-state index in [4.69, 9.17) is 10.5 Å². The third-order valence-electron chi connectivity index (χ3n) is 3.90. The molecule has 2 heterocycles. The predicted molar refractivity (Wildman–Crippen MR) is 74.9 cm³/mol. The lowest BCUT2D eigenvalue weighted by atomic mass is 10.1. The number of thiophene rings is 1. The smallest absolute Gasteiger partial charge is 0.249 e. The number of hydrogen-bond donors (Lipinski definition) is 2. The fourth-order valence-corrected chi connectivity index (χ4v) is 3.51. The first-order valence-corrected chi connectivity index (χ1v) is 7.85. The Balaban J connectivity index is 1.61. The van der Waals surface area contributed by atoms with Gasteiger partial charge in [0.2, 0.25) is 5.91 Å². The maximum Gasteiger partial charge on any atom is 0.249 e. The lowest BCUT2D eigenvalue weighted by Gasteiger charge is -2.20. The molecular weight excluding hydrogens is 260 g/mol. The molecule has 0 spiro atoms. The van der Waals surface area contributed by atoms with Crippen molar-refractivity contribution in [1.29, 1.82) is 0 Å². The molecule has 0 radical (unpaired) electrons. The van der Waals surface area contributed by atoms with Crippen LogP contribution < -0.4 is 11.1 Å². The molecule has 1 saturated carbocycles. The van der Waals surface area contributed by atoms with Crippen LogP contribution in [-0.4, -0.2) is 24.7 Å².